The first-order valence-corrected chi connectivity index (χ1v) is 6.08. The Morgan fingerprint density at radius 2 is 2.00 bits per heavy atom. The van der Waals surface area contributed by atoms with Crippen molar-refractivity contribution in [3.8, 4) is 5.75 Å². The van der Waals surface area contributed by atoms with Crippen molar-refractivity contribution in [2.75, 3.05) is 5.32 Å². The molecular weight excluding hydrogens is 328 g/mol. The van der Waals surface area contributed by atoms with E-state index in [0.29, 0.717) is 6.07 Å². The van der Waals surface area contributed by atoms with Gasteiger partial charge in [0.05, 0.1) is 21.8 Å². The molecule has 0 radical (unpaired) electrons. The molecule has 2 rings (SSSR count). The zero-order valence-corrected chi connectivity index (χ0v) is 11.3. The summed E-state index contributed by atoms with van der Waals surface area (Å²) in [7, 11) is 0. The predicted octanol–water partition coefficient (Wildman–Crippen LogP) is 3.85. The largest absolute Gasteiger partial charge is 0.506 e. The molecule has 0 bridgehead atoms. The lowest BCUT2D eigenvalue weighted by Gasteiger charge is -2.13. The van der Waals surface area contributed by atoms with E-state index in [-0.39, 0.29) is 16.7 Å². The Morgan fingerprint density at radius 1 is 1.32 bits per heavy atom. The van der Waals surface area contributed by atoms with Crippen LogP contribution in [0.1, 0.15) is 15.9 Å². The van der Waals surface area contributed by atoms with E-state index in [9.17, 15) is 27.5 Å². The molecule has 0 aliphatic carbocycles. The van der Waals surface area contributed by atoms with Crippen molar-refractivity contribution in [1.29, 1.82) is 0 Å². The van der Waals surface area contributed by atoms with Gasteiger partial charge in [-0.15, -0.1) is 0 Å². The Morgan fingerprint density at radius 3 is 2.59 bits per heavy atom. The van der Waals surface area contributed by atoms with Gasteiger partial charge in [-0.1, -0.05) is 11.6 Å². The number of alkyl halides is 3. The van der Waals surface area contributed by atoms with E-state index in [1.165, 1.54) is 18.5 Å². The summed E-state index contributed by atoms with van der Waals surface area (Å²) in [5, 5.41) is 11.5. The molecule has 2 N–H and O–H groups in total. The molecule has 0 aliphatic rings. The number of amides is 1. The number of pyridine rings is 1. The molecule has 0 saturated heterocycles. The summed E-state index contributed by atoms with van der Waals surface area (Å²) >= 11 is 5.73. The summed E-state index contributed by atoms with van der Waals surface area (Å²) in [6, 6.07) is 1.81. The van der Waals surface area contributed by atoms with Crippen LogP contribution < -0.4 is 5.32 Å². The second-order valence-electron chi connectivity index (χ2n) is 4.16. The minimum Gasteiger partial charge on any atom is -0.506 e. The molecule has 4 nitrogen and oxygen atoms in total. The number of nitrogens with zero attached hydrogens (tertiary/aromatic N) is 1. The van der Waals surface area contributed by atoms with Crippen molar-refractivity contribution in [3.63, 3.8) is 0 Å². The number of nitrogens with one attached hydrogen (secondary N) is 1. The molecule has 1 aromatic carbocycles. The van der Waals surface area contributed by atoms with E-state index in [1.807, 2.05) is 5.32 Å². The number of carbonyl (C=O) groups is 1. The lowest BCUT2D eigenvalue weighted by molar-refractivity contribution is -0.139. The highest BCUT2D eigenvalue weighted by molar-refractivity contribution is 6.34. The average molecular weight is 335 g/mol. The molecule has 22 heavy (non-hydrogen) atoms. The molecule has 0 saturated carbocycles. The number of anilines is 1. The molecule has 116 valence electrons. The maximum absolute atomic E-state index is 13.2. The van der Waals surface area contributed by atoms with Gasteiger partial charge in [0.2, 0.25) is 0 Å². The van der Waals surface area contributed by atoms with Gasteiger partial charge >= 0.3 is 6.18 Å². The van der Waals surface area contributed by atoms with Crippen LogP contribution in [0.5, 0.6) is 5.75 Å². The van der Waals surface area contributed by atoms with Gasteiger partial charge in [-0.2, -0.15) is 13.2 Å². The zero-order chi connectivity index (χ0) is 16.5. The average Bonchev–Trinajstić information content (AvgIpc) is 2.40. The monoisotopic (exact) mass is 334 g/mol. The normalized spacial score (nSPS) is 11.3. The van der Waals surface area contributed by atoms with Gasteiger partial charge in [-0.3, -0.25) is 9.78 Å². The first kappa shape index (κ1) is 16.0. The van der Waals surface area contributed by atoms with Crippen molar-refractivity contribution in [3.05, 3.63) is 52.6 Å². The molecule has 2 aromatic rings. The SMILES string of the molecule is O=C(Nc1cc(C(F)(F)F)c(F)cc1O)c1ccncc1Cl. The highest BCUT2D eigenvalue weighted by Gasteiger charge is 2.35. The Bertz CT molecular complexity index is 734. The number of aromatic hydroxyl groups is 1. The number of halogens is 5. The van der Waals surface area contributed by atoms with Gasteiger partial charge in [-0.25, -0.2) is 4.39 Å². The molecule has 0 atom stereocenters. The molecule has 0 fully saturated rings. The second kappa shape index (κ2) is 5.80. The molecule has 1 aromatic heterocycles. The van der Waals surface area contributed by atoms with Crippen LogP contribution in [0.4, 0.5) is 23.2 Å². The van der Waals surface area contributed by atoms with Crippen LogP contribution in [0.3, 0.4) is 0 Å². The summed E-state index contributed by atoms with van der Waals surface area (Å²) in [6.45, 7) is 0. The van der Waals surface area contributed by atoms with Crippen molar-refractivity contribution >= 4 is 23.2 Å². The van der Waals surface area contributed by atoms with Crippen LogP contribution in [0, 0.1) is 5.82 Å². The lowest BCUT2D eigenvalue weighted by atomic mass is 10.1. The third kappa shape index (κ3) is 3.28. The van der Waals surface area contributed by atoms with Crippen molar-refractivity contribution in [2.45, 2.75) is 6.18 Å². The molecule has 1 amide bonds. The maximum atomic E-state index is 13.2. The summed E-state index contributed by atoms with van der Waals surface area (Å²) < 4.78 is 51.1. The molecule has 1 heterocycles. The minimum atomic E-state index is -4.97. The zero-order valence-electron chi connectivity index (χ0n) is 10.6. The number of phenolic OH excluding ortho intramolecular Hbond substituents is 1. The predicted molar refractivity (Wildman–Crippen MR) is 70.3 cm³/mol. The molecule has 0 unspecified atom stereocenters. The van der Waals surface area contributed by atoms with E-state index in [4.69, 9.17) is 11.6 Å². The lowest BCUT2D eigenvalue weighted by Crippen LogP contribution is -2.15. The molecule has 0 aliphatic heterocycles. The van der Waals surface area contributed by atoms with E-state index in [1.54, 1.807) is 0 Å². The van der Waals surface area contributed by atoms with Crippen LogP contribution in [-0.4, -0.2) is 16.0 Å². The van der Waals surface area contributed by atoms with E-state index >= 15 is 0 Å². The highest BCUT2D eigenvalue weighted by Crippen LogP contribution is 2.37. The van der Waals surface area contributed by atoms with Gasteiger partial charge in [-0.05, 0) is 12.1 Å². The summed E-state index contributed by atoms with van der Waals surface area (Å²) in [5.41, 5.74) is -2.26. The summed E-state index contributed by atoms with van der Waals surface area (Å²) in [5.74, 6) is -3.36. The third-order valence-corrected chi connectivity index (χ3v) is 2.96. The number of rotatable bonds is 2. The Labute approximate surface area is 126 Å². The van der Waals surface area contributed by atoms with Gasteiger partial charge < -0.3 is 10.4 Å². The summed E-state index contributed by atoms with van der Waals surface area (Å²) in [6.07, 6.45) is -2.54. The molecular formula is C13H7ClF4N2O2. The Kier molecular flexibility index (Phi) is 4.23. The number of hydrogen-bond donors (Lipinski definition) is 2. The third-order valence-electron chi connectivity index (χ3n) is 2.66. The number of phenols is 1. The van der Waals surface area contributed by atoms with E-state index < -0.39 is 34.9 Å². The topological polar surface area (TPSA) is 62.2 Å². The van der Waals surface area contributed by atoms with Crippen LogP contribution in [0.2, 0.25) is 5.02 Å². The van der Waals surface area contributed by atoms with Gasteiger partial charge in [0.15, 0.2) is 0 Å². The number of benzene rings is 1. The van der Waals surface area contributed by atoms with Gasteiger partial charge in [0.25, 0.3) is 5.91 Å². The molecule has 0 spiro atoms. The number of carbonyl (C=O) groups excluding carboxylic acids is 1. The van der Waals surface area contributed by atoms with E-state index in [0.717, 1.165) is 0 Å². The Balaban J connectivity index is 2.38. The highest BCUT2D eigenvalue weighted by atomic mass is 35.5. The standard InChI is InChI=1S/C13H7ClF4N2O2/c14-8-5-19-2-1-6(8)12(22)20-10-3-7(13(16,17)18)9(15)4-11(10)21/h1-5,21H,(H,20,22). The first-order valence-electron chi connectivity index (χ1n) is 5.70. The maximum Gasteiger partial charge on any atom is 0.419 e. The molecule has 9 heteroatoms. The van der Waals surface area contributed by atoms with Crippen molar-refractivity contribution in [1.82, 2.24) is 4.98 Å². The number of hydrogen-bond acceptors (Lipinski definition) is 3. The van der Waals surface area contributed by atoms with Crippen LogP contribution in [0.15, 0.2) is 30.6 Å². The van der Waals surface area contributed by atoms with Crippen molar-refractivity contribution in [2.24, 2.45) is 0 Å². The quantitative estimate of drug-likeness (QED) is 0.647. The van der Waals surface area contributed by atoms with Crippen LogP contribution >= 0.6 is 11.6 Å². The van der Waals surface area contributed by atoms with Crippen LogP contribution in [0.25, 0.3) is 0 Å². The minimum absolute atomic E-state index is 0.0300. The second-order valence-corrected chi connectivity index (χ2v) is 4.56. The summed E-state index contributed by atoms with van der Waals surface area (Å²) in [4.78, 5) is 15.6. The first-order chi connectivity index (χ1) is 10.2. The fourth-order valence-electron chi connectivity index (χ4n) is 1.63. The fourth-order valence-corrected chi connectivity index (χ4v) is 1.83. The van der Waals surface area contributed by atoms with Crippen molar-refractivity contribution < 1.29 is 27.5 Å². The van der Waals surface area contributed by atoms with Gasteiger partial charge in [0, 0.05) is 18.5 Å². The smallest absolute Gasteiger partial charge is 0.419 e. The fraction of sp³-hybridized carbons (Fsp3) is 0.0769. The number of aromatic nitrogens is 1. The van der Waals surface area contributed by atoms with Crippen LogP contribution in [-0.2, 0) is 6.18 Å². The van der Waals surface area contributed by atoms with Gasteiger partial charge in [0.1, 0.15) is 11.6 Å². The Hall–Kier alpha value is -2.35. The van der Waals surface area contributed by atoms with E-state index in [2.05, 4.69) is 4.98 Å².